The van der Waals surface area contributed by atoms with Gasteiger partial charge in [0.2, 0.25) is 5.91 Å². The Labute approximate surface area is 177 Å². The van der Waals surface area contributed by atoms with Crippen molar-refractivity contribution in [2.75, 3.05) is 11.1 Å². The molecule has 0 aliphatic heterocycles. The van der Waals surface area contributed by atoms with Gasteiger partial charge in [0.1, 0.15) is 5.82 Å². The Morgan fingerprint density at radius 1 is 0.931 bits per heavy atom. The molecule has 1 N–H and O–H groups in total. The number of aromatic nitrogens is 3. The highest BCUT2D eigenvalue weighted by Gasteiger charge is 2.15. The van der Waals surface area contributed by atoms with Gasteiger partial charge in [-0.05, 0) is 24.3 Å². The van der Waals surface area contributed by atoms with E-state index < -0.39 is 0 Å². The van der Waals surface area contributed by atoms with Gasteiger partial charge in [0.15, 0.2) is 5.16 Å². The van der Waals surface area contributed by atoms with Crippen molar-refractivity contribution in [1.82, 2.24) is 14.5 Å². The third-order valence-corrected chi connectivity index (χ3v) is 5.32. The van der Waals surface area contributed by atoms with Gasteiger partial charge in [0, 0.05) is 17.4 Å². The van der Waals surface area contributed by atoms with E-state index in [1.54, 1.807) is 12.1 Å². The van der Waals surface area contributed by atoms with Gasteiger partial charge in [-0.1, -0.05) is 71.9 Å². The number of pyridine rings is 1. The summed E-state index contributed by atoms with van der Waals surface area (Å²) in [6, 6.07) is 23.4. The minimum atomic E-state index is -0.159. The van der Waals surface area contributed by atoms with Crippen LogP contribution in [0.15, 0.2) is 90.3 Å². The lowest BCUT2D eigenvalue weighted by Crippen LogP contribution is -2.15. The second-order valence-corrected chi connectivity index (χ2v) is 7.54. The number of hydrogen-bond acceptors (Lipinski definition) is 4. The molecule has 0 aliphatic carbocycles. The second-order valence-electron chi connectivity index (χ2n) is 6.16. The quantitative estimate of drug-likeness (QED) is 0.429. The zero-order valence-corrected chi connectivity index (χ0v) is 16.9. The minimum Gasteiger partial charge on any atom is -0.310 e. The van der Waals surface area contributed by atoms with Crippen molar-refractivity contribution in [2.24, 2.45) is 0 Å². The highest BCUT2D eigenvalue weighted by molar-refractivity contribution is 7.99. The first-order chi connectivity index (χ1) is 14.2. The normalized spacial score (nSPS) is 10.7. The Balaban J connectivity index is 1.56. The van der Waals surface area contributed by atoms with Crippen LogP contribution in [0, 0.1) is 0 Å². The number of benzene rings is 2. The predicted molar refractivity (Wildman–Crippen MR) is 118 cm³/mol. The van der Waals surface area contributed by atoms with Crippen molar-refractivity contribution in [1.29, 1.82) is 0 Å². The van der Waals surface area contributed by atoms with Crippen LogP contribution in [0.1, 0.15) is 0 Å². The summed E-state index contributed by atoms with van der Waals surface area (Å²) >= 11 is 7.20. The third-order valence-electron chi connectivity index (χ3n) is 4.14. The number of nitrogens with one attached hydrogen (secondary N) is 1. The molecule has 2 heterocycles. The second kappa shape index (κ2) is 8.94. The number of amides is 1. The number of para-hydroxylation sites is 1. The van der Waals surface area contributed by atoms with Crippen LogP contribution < -0.4 is 5.32 Å². The smallest absolute Gasteiger partial charge is 0.236 e. The Kier molecular flexibility index (Phi) is 5.93. The maximum atomic E-state index is 12.4. The summed E-state index contributed by atoms with van der Waals surface area (Å²) in [5, 5.41) is 4.04. The fraction of sp³-hybridized carbons (Fsp3) is 0.0455. The van der Waals surface area contributed by atoms with Gasteiger partial charge in [-0.25, -0.2) is 9.97 Å². The van der Waals surface area contributed by atoms with Crippen LogP contribution in [-0.2, 0) is 4.79 Å². The van der Waals surface area contributed by atoms with Crippen molar-refractivity contribution in [3.05, 3.63) is 90.2 Å². The van der Waals surface area contributed by atoms with Gasteiger partial charge >= 0.3 is 0 Å². The summed E-state index contributed by atoms with van der Waals surface area (Å²) in [6.07, 6.45) is 3.34. The average Bonchev–Trinajstić information content (AvgIpc) is 3.19. The van der Waals surface area contributed by atoms with Gasteiger partial charge in [0.25, 0.3) is 0 Å². The number of carbonyl (C=O) groups excluding carboxylic acids is 1. The number of thioether (sulfide) groups is 1. The summed E-state index contributed by atoms with van der Waals surface area (Å²) in [4.78, 5) is 21.0. The fourth-order valence-electron chi connectivity index (χ4n) is 2.83. The Morgan fingerprint density at radius 3 is 2.34 bits per heavy atom. The first-order valence-electron chi connectivity index (χ1n) is 8.93. The van der Waals surface area contributed by atoms with E-state index in [1.165, 1.54) is 18.0 Å². The van der Waals surface area contributed by atoms with E-state index >= 15 is 0 Å². The number of hydrogen-bond donors (Lipinski definition) is 1. The third kappa shape index (κ3) is 4.67. The molecule has 4 aromatic rings. The van der Waals surface area contributed by atoms with E-state index in [2.05, 4.69) is 19.9 Å². The molecule has 0 unspecified atom stereocenters. The summed E-state index contributed by atoms with van der Waals surface area (Å²) in [7, 11) is 0. The zero-order valence-electron chi connectivity index (χ0n) is 15.3. The minimum absolute atomic E-state index is 0.159. The molecule has 0 radical (unpaired) electrons. The van der Waals surface area contributed by atoms with E-state index in [9.17, 15) is 4.79 Å². The van der Waals surface area contributed by atoms with E-state index in [-0.39, 0.29) is 11.7 Å². The van der Waals surface area contributed by atoms with Crippen molar-refractivity contribution >= 4 is 35.1 Å². The molecular weight excluding hydrogens is 404 g/mol. The number of imidazole rings is 1. The summed E-state index contributed by atoms with van der Waals surface area (Å²) in [5.74, 6) is 0.521. The number of anilines is 1. The monoisotopic (exact) mass is 420 g/mol. The van der Waals surface area contributed by atoms with Gasteiger partial charge in [0.05, 0.1) is 22.7 Å². The maximum absolute atomic E-state index is 12.4. The lowest BCUT2D eigenvalue weighted by molar-refractivity contribution is -0.113. The molecule has 144 valence electrons. The molecule has 5 nitrogen and oxygen atoms in total. The summed E-state index contributed by atoms with van der Waals surface area (Å²) in [5.41, 5.74) is 3.02. The SMILES string of the molecule is O=C(CSc1ncc(-c2ccccc2)n1-c1ccccc1)Nc1ccc(Cl)cn1. The molecule has 0 spiro atoms. The molecular formula is C22H17ClN4OS. The Morgan fingerprint density at radius 2 is 1.66 bits per heavy atom. The van der Waals surface area contributed by atoms with Gasteiger partial charge in [-0.2, -0.15) is 0 Å². The van der Waals surface area contributed by atoms with Crippen molar-refractivity contribution in [3.8, 4) is 16.9 Å². The van der Waals surface area contributed by atoms with Crippen LogP contribution in [0.3, 0.4) is 0 Å². The highest BCUT2D eigenvalue weighted by Crippen LogP contribution is 2.29. The zero-order chi connectivity index (χ0) is 20.1. The molecule has 0 saturated heterocycles. The van der Waals surface area contributed by atoms with Gasteiger partial charge < -0.3 is 5.32 Å². The summed E-state index contributed by atoms with van der Waals surface area (Å²) in [6.45, 7) is 0. The predicted octanol–water partition coefficient (Wildman–Crippen LogP) is 5.32. The van der Waals surface area contributed by atoms with Crippen LogP contribution in [0.4, 0.5) is 5.82 Å². The molecule has 0 aliphatic rings. The molecule has 2 aromatic carbocycles. The molecule has 0 bridgehead atoms. The van der Waals surface area contributed by atoms with E-state index in [0.29, 0.717) is 10.8 Å². The lowest BCUT2D eigenvalue weighted by Gasteiger charge is -2.12. The molecule has 0 fully saturated rings. The first kappa shape index (κ1) is 19.2. The largest absolute Gasteiger partial charge is 0.310 e. The van der Waals surface area contributed by atoms with Crippen molar-refractivity contribution in [2.45, 2.75) is 5.16 Å². The number of rotatable bonds is 6. The lowest BCUT2D eigenvalue weighted by atomic mass is 10.1. The van der Waals surface area contributed by atoms with Gasteiger partial charge in [-0.15, -0.1) is 0 Å². The van der Waals surface area contributed by atoms with Crippen molar-refractivity contribution < 1.29 is 4.79 Å². The molecule has 7 heteroatoms. The standard InChI is InChI=1S/C22H17ClN4OS/c23-17-11-12-20(24-13-17)26-21(28)15-29-22-25-14-19(16-7-3-1-4-8-16)27(22)18-9-5-2-6-10-18/h1-14H,15H2,(H,24,26,28). The highest BCUT2D eigenvalue weighted by atomic mass is 35.5. The molecule has 1 amide bonds. The number of halogens is 1. The van der Waals surface area contributed by atoms with E-state index in [4.69, 9.17) is 11.6 Å². The first-order valence-corrected chi connectivity index (χ1v) is 10.3. The van der Waals surface area contributed by atoms with Crippen LogP contribution in [0.25, 0.3) is 16.9 Å². The van der Waals surface area contributed by atoms with E-state index in [1.807, 2.05) is 66.9 Å². The fourth-order valence-corrected chi connectivity index (χ4v) is 3.74. The van der Waals surface area contributed by atoms with E-state index in [0.717, 1.165) is 22.1 Å². The van der Waals surface area contributed by atoms with Crippen LogP contribution in [0.2, 0.25) is 5.02 Å². The molecule has 0 saturated carbocycles. The Hall–Kier alpha value is -3.09. The van der Waals surface area contributed by atoms with Crippen LogP contribution >= 0.6 is 23.4 Å². The van der Waals surface area contributed by atoms with Gasteiger partial charge in [-0.3, -0.25) is 9.36 Å². The molecule has 29 heavy (non-hydrogen) atoms. The number of carbonyl (C=O) groups is 1. The topological polar surface area (TPSA) is 59.8 Å². The van der Waals surface area contributed by atoms with Crippen LogP contribution in [-0.4, -0.2) is 26.2 Å². The molecule has 4 rings (SSSR count). The van der Waals surface area contributed by atoms with Crippen LogP contribution in [0.5, 0.6) is 0 Å². The Bertz CT molecular complexity index is 1100. The molecule has 0 atom stereocenters. The average molecular weight is 421 g/mol. The number of nitrogens with zero attached hydrogens (tertiary/aromatic N) is 3. The maximum Gasteiger partial charge on any atom is 0.236 e. The van der Waals surface area contributed by atoms with Crippen molar-refractivity contribution in [3.63, 3.8) is 0 Å². The molecule has 2 aromatic heterocycles. The summed E-state index contributed by atoms with van der Waals surface area (Å²) < 4.78 is 2.06.